The summed E-state index contributed by atoms with van der Waals surface area (Å²) >= 11 is 0. The van der Waals surface area contributed by atoms with E-state index in [4.69, 9.17) is 4.74 Å². The molecular formula is C20H30FN3O3. The molecule has 2 N–H and O–H groups in total. The van der Waals surface area contributed by atoms with Gasteiger partial charge >= 0.3 is 0 Å². The Morgan fingerprint density at radius 3 is 2.74 bits per heavy atom. The third-order valence-corrected chi connectivity index (χ3v) is 5.64. The number of benzene rings is 1. The van der Waals surface area contributed by atoms with Crippen LogP contribution in [-0.2, 0) is 9.53 Å². The summed E-state index contributed by atoms with van der Waals surface area (Å²) in [4.78, 5) is 16.4. The highest BCUT2D eigenvalue weighted by molar-refractivity contribution is 5.86. The molecule has 150 valence electrons. The number of ether oxygens (including phenoxy) is 1. The summed E-state index contributed by atoms with van der Waals surface area (Å²) < 4.78 is 19.0. The largest absolute Gasteiger partial charge is 0.383 e. The highest BCUT2D eigenvalue weighted by atomic mass is 19.1. The highest BCUT2D eigenvalue weighted by Crippen LogP contribution is 2.25. The lowest BCUT2D eigenvalue weighted by Crippen LogP contribution is -2.60. The summed E-state index contributed by atoms with van der Waals surface area (Å²) in [5.74, 6) is -0.399. The Hall–Kier alpha value is -1.70. The molecule has 1 aromatic rings. The van der Waals surface area contributed by atoms with Crippen molar-refractivity contribution >= 4 is 11.6 Å². The first-order chi connectivity index (χ1) is 13.0. The van der Waals surface area contributed by atoms with Crippen molar-refractivity contribution in [1.82, 2.24) is 10.2 Å². The number of piperidine rings is 2. The van der Waals surface area contributed by atoms with Gasteiger partial charge < -0.3 is 25.0 Å². The molecule has 0 bridgehead atoms. The number of likely N-dealkylation sites (tertiary alicyclic amines) is 1. The maximum Gasteiger partial charge on any atom is 0.255 e. The van der Waals surface area contributed by atoms with Crippen LogP contribution in [0, 0.1) is 5.82 Å². The van der Waals surface area contributed by atoms with Gasteiger partial charge in [0.1, 0.15) is 5.82 Å². The van der Waals surface area contributed by atoms with Crippen LogP contribution in [0.4, 0.5) is 10.1 Å². The van der Waals surface area contributed by atoms with Gasteiger partial charge in [0.25, 0.3) is 5.91 Å². The van der Waals surface area contributed by atoms with Crippen LogP contribution >= 0.6 is 0 Å². The van der Waals surface area contributed by atoms with Gasteiger partial charge in [0.15, 0.2) is 5.60 Å². The fourth-order valence-electron chi connectivity index (χ4n) is 3.99. The Labute approximate surface area is 160 Å². The van der Waals surface area contributed by atoms with Crippen molar-refractivity contribution in [1.29, 1.82) is 0 Å². The first-order valence-electron chi connectivity index (χ1n) is 9.77. The summed E-state index contributed by atoms with van der Waals surface area (Å²) in [6.07, 6.45) is 2.98. The number of hydrogen-bond acceptors (Lipinski definition) is 5. The van der Waals surface area contributed by atoms with Gasteiger partial charge in [-0.3, -0.25) is 4.79 Å². The van der Waals surface area contributed by atoms with E-state index in [9.17, 15) is 14.3 Å². The first-order valence-corrected chi connectivity index (χ1v) is 9.77. The Morgan fingerprint density at radius 2 is 2.04 bits per heavy atom. The minimum atomic E-state index is -1.34. The number of methoxy groups -OCH3 is 1. The molecule has 7 heteroatoms. The van der Waals surface area contributed by atoms with Gasteiger partial charge in [-0.15, -0.1) is 0 Å². The molecular weight excluding hydrogens is 349 g/mol. The molecule has 1 amide bonds. The molecule has 0 spiro atoms. The van der Waals surface area contributed by atoms with E-state index >= 15 is 0 Å². The molecule has 0 aromatic heterocycles. The van der Waals surface area contributed by atoms with Crippen molar-refractivity contribution in [3.05, 3.63) is 30.1 Å². The molecule has 2 fully saturated rings. The third kappa shape index (κ3) is 4.78. The summed E-state index contributed by atoms with van der Waals surface area (Å²) in [5.41, 5.74) is -0.694. The normalized spacial score (nSPS) is 24.5. The molecule has 0 radical (unpaired) electrons. The summed E-state index contributed by atoms with van der Waals surface area (Å²) in [5, 5.41) is 14.2. The zero-order valence-corrected chi connectivity index (χ0v) is 16.0. The molecule has 2 aliphatic heterocycles. The SMILES string of the molecule is COCCN1CCC[C@](O)(CNC2CCN(c3ccccc3F)CC2)C1=O. The summed E-state index contributed by atoms with van der Waals surface area (Å²) in [7, 11) is 1.61. The maximum absolute atomic E-state index is 13.9. The van der Waals surface area contributed by atoms with Gasteiger partial charge in [-0.2, -0.15) is 0 Å². The standard InChI is InChI=1S/C20H30FN3O3/c1-27-14-13-24-10-4-9-20(26,19(24)25)15-22-16-7-11-23(12-8-16)18-6-3-2-5-17(18)21/h2-3,5-6,16,22,26H,4,7-15H2,1H3/t20-/m0/s1. The van der Waals surface area contributed by atoms with Crippen molar-refractivity contribution in [2.45, 2.75) is 37.3 Å². The average Bonchev–Trinajstić information content (AvgIpc) is 2.69. The smallest absolute Gasteiger partial charge is 0.255 e. The third-order valence-electron chi connectivity index (χ3n) is 5.64. The maximum atomic E-state index is 13.9. The number of halogens is 1. The topological polar surface area (TPSA) is 65.0 Å². The van der Waals surface area contributed by atoms with E-state index in [0.717, 1.165) is 32.4 Å². The van der Waals surface area contributed by atoms with E-state index in [-0.39, 0.29) is 24.3 Å². The van der Waals surface area contributed by atoms with Gasteiger partial charge in [0.2, 0.25) is 0 Å². The van der Waals surface area contributed by atoms with Gasteiger partial charge in [-0.05, 0) is 37.8 Å². The second kappa shape index (κ2) is 8.99. The van der Waals surface area contributed by atoms with Crippen molar-refractivity contribution in [2.75, 3.05) is 51.3 Å². The van der Waals surface area contributed by atoms with Gasteiger partial charge in [0.05, 0.1) is 12.3 Å². The number of nitrogens with one attached hydrogen (secondary N) is 1. The van der Waals surface area contributed by atoms with Gasteiger partial charge in [0, 0.05) is 45.9 Å². The quantitative estimate of drug-likeness (QED) is 0.750. The van der Waals surface area contributed by atoms with Crippen LogP contribution in [0.15, 0.2) is 24.3 Å². The highest BCUT2D eigenvalue weighted by Gasteiger charge is 2.42. The van der Waals surface area contributed by atoms with E-state index in [1.54, 1.807) is 24.1 Å². The Balaban J connectivity index is 1.49. The number of carbonyl (C=O) groups excluding carboxylic acids is 1. The Morgan fingerprint density at radius 1 is 1.30 bits per heavy atom. The molecule has 0 saturated carbocycles. The fourth-order valence-corrected chi connectivity index (χ4v) is 3.99. The van der Waals surface area contributed by atoms with Crippen LogP contribution in [0.3, 0.4) is 0 Å². The Kier molecular flexibility index (Phi) is 6.68. The summed E-state index contributed by atoms with van der Waals surface area (Å²) in [6, 6.07) is 7.06. The predicted molar refractivity (Wildman–Crippen MR) is 102 cm³/mol. The van der Waals surface area contributed by atoms with Crippen molar-refractivity contribution in [2.24, 2.45) is 0 Å². The number of para-hydroxylation sites is 1. The van der Waals surface area contributed by atoms with Crippen LogP contribution in [0.25, 0.3) is 0 Å². The number of hydrogen-bond donors (Lipinski definition) is 2. The number of nitrogens with zero attached hydrogens (tertiary/aromatic N) is 2. The van der Waals surface area contributed by atoms with Crippen LogP contribution in [-0.4, -0.2) is 74.0 Å². The van der Waals surface area contributed by atoms with Crippen LogP contribution in [0.5, 0.6) is 0 Å². The second-order valence-corrected chi connectivity index (χ2v) is 7.51. The molecule has 1 atom stereocenters. The molecule has 2 aliphatic rings. The van der Waals surface area contributed by atoms with E-state index in [1.807, 2.05) is 6.07 Å². The van der Waals surface area contributed by atoms with Crippen LogP contribution in [0.1, 0.15) is 25.7 Å². The lowest BCUT2D eigenvalue weighted by molar-refractivity contribution is -0.157. The number of carbonyl (C=O) groups is 1. The molecule has 0 unspecified atom stereocenters. The second-order valence-electron chi connectivity index (χ2n) is 7.51. The van der Waals surface area contributed by atoms with Gasteiger partial charge in [-0.25, -0.2) is 4.39 Å². The molecule has 0 aliphatic carbocycles. The lowest BCUT2D eigenvalue weighted by Gasteiger charge is -2.40. The molecule has 1 aromatic carbocycles. The predicted octanol–water partition coefficient (Wildman–Crippen LogP) is 1.38. The van der Waals surface area contributed by atoms with E-state index < -0.39 is 5.60 Å². The zero-order valence-electron chi connectivity index (χ0n) is 16.0. The van der Waals surface area contributed by atoms with Gasteiger partial charge in [-0.1, -0.05) is 12.1 Å². The fraction of sp³-hybridized carbons (Fsp3) is 0.650. The molecule has 27 heavy (non-hydrogen) atoms. The van der Waals surface area contributed by atoms with Crippen molar-refractivity contribution in [3.63, 3.8) is 0 Å². The number of rotatable bonds is 7. The van der Waals surface area contributed by atoms with Crippen LogP contribution in [0.2, 0.25) is 0 Å². The molecule has 6 nitrogen and oxygen atoms in total. The molecule has 2 saturated heterocycles. The monoisotopic (exact) mass is 379 g/mol. The first kappa shape index (κ1) is 20.0. The number of amides is 1. The van der Waals surface area contributed by atoms with Crippen molar-refractivity contribution in [3.8, 4) is 0 Å². The Bertz CT molecular complexity index is 637. The molecule has 3 rings (SSSR count). The number of anilines is 1. The minimum absolute atomic E-state index is 0.192. The lowest BCUT2D eigenvalue weighted by atomic mass is 9.91. The molecule has 2 heterocycles. The van der Waals surface area contributed by atoms with Crippen LogP contribution < -0.4 is 10.2 Å². The number of aliphatic hydroxyl groups is 1. The van der Waals surface area contributed by atoms with E-state index in [1.165, 1.54) is 6.07 Å². The average molecular weight is 379 g/mol. The minimum Gasteiger partial charge on any atom is -0.383 e. The zero-order chi connectivity index (χ0) is 19.3. The van der Waals surface area contributed by atoms with Crippen molar-refractivity contribution < 1.29 is 19.0 Å². The van der Waals surface area contributed by atoms with E-state index in [0.29, 0.717) is 31.8 Å². The van der Waals surface area contributed by atoms with E-state index in [2.05, 4.69) is 10.2 Å². The summed E-state index contributed by atoms with van der Waals surface area (Å²) in [6.45, 7) is 3.43.